The lowest BCUT2D eigenvalue weighted by atomic mass is 9.93. The van der Waals surface area contributed by atoms with Gasteiger partial charge in [0.2, 0.25) is 41.4 Å². The molecule has 84 heavy (non-hydrogen) atoms. The number of nitrogens with two attached hydrogens (primary N) is 1. The van der Waals surface area contributed by atoms with Crippen molar-refractivity contribution < 1.29 is 57.5 Å². The summed E-state index contributed by atoms with van der Waals surface area (Å²) in [6, 6.07) is 25.2. The molecular formula is C59H66N11O13P. The maximum absolute atomic E-state index is 15.0. The van der Waals surface area contributed by atoms with Crippen LogP contribution in [0.1, 0.15) is 108 Å². The highest BCUT2D eigenvalue weighted by molar-refractivity contribution is 7.70. The van der Waals surface area contributed by atoms with Crippen molar-refractivity contribution in [1.82, 2.24) is 45.2 Å². The first-order chi connectivity index (χ1) is 40.2. The maximum Gasteiger partial charge on any atom is 0.396 e. The molecule has 440 valence electrons. The molecule has 0 radical (unpaired) electrons. The molecule has 4 aliphatic rings. The zero-order chi connectivity index (χ0) is 59.6. The molecule has 0 saturated carbocycles. The van der Waals surface area contributed by atoms with E-state index in [4.69, 9.17) is 5.73 Å². The number of H-pyrrole nitrogens is 1. The molecule has 25 heteroatoms. The van der Waals surface area contributed by atoms with Crippen molar-refractivity contribution in [3.05, 3.63) is 136 Å². The topological polar surface area (TPSA) is 338 Å². The number of carbonyl (C=O) groups is 9. The molecule has 6 heterocycles. The largest absolute Gasteiger partial charge is 0.396 e. The summed E-state index contributed by atoms with van der Waals surface area (Å²) in [5.41, 5.74) is 7.54. The van der Waals surface area contributed by atoms with Gasteiger partial charge in [-0.1, -0.05) is 60.7 Å². The second-order valence-electron chi connectivity index (χ2n) is 22.2. The van der Waals surface area contributed by atoms with E-state index in [1.165, 1.54) is 38.3 Å². The van der Waals surface area contributed by atoms with Gasteiger partial charge in [-0.05, 0) is 104 Å². The maximum atomic E-state index is 15.0. The number of anilines is 1. The van der Waals surface area contributed by atoms with Crippen molar-refractivity contribution in [1.29, 1.82) is 0 Å². The third-order valence-corrected chi connectivity index (χ3v) is 17.4. The number of hydrogen-bond acceptors (Lipinski definition) is 12. The van der Waals surface area contributed by atoms with Gasteiger partial charge in [0, 0.05) is 87.2 Å². The van der Waals surface area contributed by atoms with Crippen LogP contribution in [-0.4, -0.2) is 137 Å². The van der Waals surface area contributed by atoms with Gasteiger partial charge in [0.1, 0.15) is 23.8 Å². The summed E-state index contributed by atoms with van der Waals surface area (Å²) in [4.78, 5) is 162. The number of amides is 8. The van der Waals surface area contributed by atoms with E-state index in [1.54, 1.807) is 11.9 Å². The van der Waals surface area contributed by atoms with Crippen LogP contribution in [0.4, 0.5) is 5.69 Å². The molecule has 10 rings (SSSR count). The first kappa shape index (κ1) is 58.5. The van der Waals surface area contributed by atoms with Gasteiger partial charge in [-0.25, -0.2) is 4.79 Å². The first-order valence-electron chi connectivity index (χ1n) is 28.1. The highest BCUT2D eigenvalue weighted by Gasteiger charge is 2.46. The number of piperidine rings is 1. The number of fused-ring (bicyclic) bond motifs is 3. The predicted octanol–water partition coefficient (Wildman–Crippen LogP) is 3.02. The van der Waals surface area contributed by atoms with Gasteiger partial charge >= 0.3 is 13.3 Å². The highest BCUT2D eigenvalue weighted by Crippen LogP contribution is 2.40. The molecule has 2 aromatic heterocycles. The molecule has 4 aromatic carbocycles. The standard InChI is InChI=1S/C59H66N11O13P/c1-66-48-29-41(18-20-45(48)70(59(66)80)47-22-24-50(72)64-56(47)77)68-31-34(32-68)9-8-14-51(73)67-26-25-40-17-21-46(69(40)57(78)44(33-67)63-54(75)43-28-39-27-37(15-19-42(39)62-43)58(79)84(81,82)83)55(76)61-30-38(16-23-49(60)71)53(74)65-52(35-10-4-2-5-11-35)36-12-6-3-7-13-36/h2-7,10-13,15,18-20,27-29,34,38,40,44,46-47,52,62H,8-9,14,16-17,21-26,30-33H2,1H3,(H2,60,71)(H,61,76)(H,63,75)(H,65,74)(H,64,72,77)(H2,81,82,83)/t38?,40-,44+,46+,47?/m1/s1. The Morgan fingerprint density at radius 1 is 0.810 bits per heavy atom. The summed E-state index contributed by atoms with van der Waals surface area (Å²) < 4.78 is 14.7. The summed E-state index contributed by atoms with van der Waals surface area (Å²) in [6.45, 7) is 1.15. The Bertz CT molecular complexity index is 3640. The van der Waals surface area contributed by atoms with Crippen LogP contribution >= 0.6 is 7.60 Å². The fourth-order valence-electron chi connectivity index (χ4n) is 12.1. The van der Waals surface area contributed by atoms with Gasteiger partial charge in [0.25, 0.3) is 11.4 Å². The quantitative estimate of drug-likeness (QED) is 0.0403. The van der Waals surface area contributed by atoms with Crippen molar-refractivity contribution >= 4 is 88.0 Å². The van der Waals surface area contributed by atoms with Crippen molar-refractivity contribution in [3.63, 3.8) is 0 Å². The van der Waals surface area contributed by atoms with E-state index in [9.17, 15) is 57.5 Å². The van der Waals surface area contributed by atoms with E-state index >= 15 is 4.79 Å². The number of carbonyl (C=O) groups excluding carboxylic acids is 9. The summed E-state index contributed by atoms with van der Waals surface area (Å²) >= 11 is 0. The second-order valence-corrected chi connectivity index (χ2v) is 23.7. The Morgan fingerprint density at radius 2 is 1.52 bits per heavy atom. The molecular weight excluding hydrogens is 1100 g/mol. The Hall–Kier alpha value is -8.73. The molecule has 6 aromatic rings. The van der Waals surface area contributed by atoms with Gasteiger partial charge in [-0.2, -0.15) is 0 Å². The monoisotopic (exact) mass is 1170 g/mol. The Labute approximate surface area is 481 Å². The molecule has 9 N–H and O–H groups in total. The van der Waals surface area contributed by atoms with Gasteiger partial charge in [-0.15, -0.1) is 0 Å². The normalized spacial score (nSPS) is 19.8. The lowest BCUT2D eigenvalue weighted by Gasteiger charge is -2.41. The highest BCUT2D eigenvalue weighted by atomic mass is 31.2. The fourth-order valence-corrected chi connectivity index (χ4v) is 12.6. The number of aromatic amines is 1. The smallest absolute Gasteiger partial charge is 0.371 e. The first-order valence-corrected chi connectivity index (χ1v) is 29.7. The minimum Gasteiger partial charge on any atom is -0.371 e. The van der Waals surface area contributed by atoms with Crippen LogP contribution in [0.3, 0.4) is 0 Å². The van der Waals surface area contributed by atoms with Crippen LogP contribution in [-0.2, 0) is 45.2 Å². The van der Waals surface area contributed by atoms with Crippen LogP contribution in [0.5, 0.6) is 0 Å². The Balaban J connectivity index is 0.816. The zero-order valence-corrected chi connectivity index (χ0v) is 47.0. The third kappa shape index (κ3) is 12.6. The number of benzene rings is 4. The molecule has 5 atom stereocenters. The van der Waals surface area contributed by atoms with Crippen molar-refractivity contribution in [3.8, 4) is 0 Å². The number of primary amides is 1. The van der Waals surface area contributed by atoms with Crippen LogP contribution in [0.25, 0.3) is 21.9 Å². The number of rotatable bonds is 20. The number of imide groups is 1. The Kier molecular flexibility index (Phi) is 17.1. The average molecular weight is 1170 g/mol. The molecule has 8 amide bonds. The lowest BCUT2D eigenvalue weighted by molar-refractivity contribution is -0.145. The van der Waals surface area contributed by atoms with Crippen LogP contribution in [0.2, 0.25) is 0 Å². The predicted molar refractivity (Wildman–Crippen MR) is 307 cm³/mol. The third-order valence-electron chi connectivity index (χ3n) is 16.6. The number of nitrogens with zero attached hydrogens (tertiary/aromatic N) is 5. The van der Waals surface area contributed by atoms with E-state index in [0.29, 0.717) is 55.3 Å². The van der Waals surface area contributed by atoms with Gasteiger partial charge in [0.15, 0.2) is 0 Å². The van der Waals surface area contributed by atoms with E-state index in [0.717, 1.165) is 16.8 Å². The van der Waals surface area contributed by atoms with Gasteiger partial charge in [-0.3, -0.25) is 62.2 Å². The molecule has 4 saturated heterocycles. The van der Waals surface area contributed by atoms with E-state index in [-0.39, 0.29) is 98.2 Å². The summed E-state index contributed by atoms with van der Waals surface area (Å²) in [7, 11) is -3.48. The summed E-state index contributed by atoms with van der Waals surface area (Å²) in [5.74, 6) is -4.78. The van der Waals surface area contributed by atoms with E-state index in [1.807, 2.05) is 78.9 Å². The van der Waals surface area contributed by atoms with Gasteiger partial charge in [0.05, 0.1) is 23.0 Å². The fraction of sp³-hybridized carbons (Fsp3) is 0.390. The molecule has 2 unspecified atom stereocenters. The number of imidazole rings is 1. The van der Waals surface area contributed by atoms with Gasteiger partial charge < -0.3 is 51.2 Å². The minimum atomic E-state index is -5.12. The average Bonchev–Trinajstić information content (AvgIpc) is 4.30. The number of nitrogens with one attached hydrogen (secondary N) is 5. The minimum absolute atomic E-state index is 0.0209. The van der Waals surface area contributed by atoms with Crippen LogP contribution < -0.4 is 37.6 Å². The molecule has 4 fully saturated rings. The molecule has 0 aliphatic carbocycles. The van der Waals surface area contributed by atoms with Crippen LogP contribution in [0.15, 0.2) is 108 Å². The molecule has 0 bridgehead atoms. The van der Waals surface area contributed by atoms with Crippen molar-refractivity contribution in [2.24, 2.45) is 24.6 Å². The number of aryl methyl sites for hydroxylation is 1. The molecule has 0 spiro atoms. The molecule has 24 nitrogen and oxygen atoms in total. The van der Waals surface area contributed by atoms with Crippen molar-refractivity contribution in [2.75, 3.05) is 37.6 Å². The van der Waals surface area contributed by atoms with E-state index in [2.05, 4.69) is 31.2 Å². The Morgan fingerprint density at radius 3 is 2.20 bits per heavy atom. The number of aromatic nitrogens is 3. The second kappa shape index (κ2) is 24.6. The number of hydrogen-bond donors (Lipinski definition) is 8. The van der Waals surface area contributed by atoms with E-state index < -0.39 is 84.7 Å². The van der Waals surface area contributed by atoms with Crippen LogP contribution in [0, 0.1) is 11.8 Å². The SMILES string of the molecule is Cn1c(=O)n(C2CCC(=O)NC2=O)c2ccc(N3CC(CCCC(=O)N4CC[C@H]5CC[C@@H](C(=O)NCC(CCC(N)=O)C(=O)NC(c6ccccc6)c6ccccc6)N5C(=O)[C@@H](NC(=O)c5cc6cc(C(=O)P(=O)(O)O)ccc6[nH]5)C4)C3)cc21. The van der Waals surface area contributed by atoms with Crippen molar-refractivity contribution in [2.45, 2.75) is 94.4 Å². The summed E-state index contributed by atoms with van der Waals surface area (Å²) in [5, 5.41) is 11.4. The lowest BCUT2D eigenvalue weighted by Crippen LogP contribution is -2.61. The summed E-state index contributed by atoms with van der Waals surface area (Å²) in [6.07, 6.45) is 2.57. The molecule has 4 aliphatic heterocycles. The zero-order valence-electron chi connectivity index (χ0n) is 46.1.